The summed E-state index contributed by atoms with van der Waals surface area (Å²) in [5, 5.41) is 20.9. The van der Waals surface area contributed by atoms with Crippen molar-refractivity contribution in [2.24, 2.45) is 5.92 Å². The van der Waals surface area contributed by atoms with Crippen LogP contribution in [0.5, 0.6) is 0 Å². The summed E-state index contributed by atoms with van der Waals surface area (Å²) in [5.74, 6) is -0.896. The van der Waals surface area contributed by atoms with Crippen LogP contribution in [0.25, 0.3) is 0 Å². The van der Waals surface area contributed by atoms with Crippen molar-refractivity contribution in [3.8, 4) is 0 Å². The molecule has 0 aliphatic rings. The molecule has 0 heterocycles. The van der Waals surface area contributed by atoms with Crippen molar-refractivity contribution in [3.63, 3.8) is 0 Å². The highest BCUT2D eigenvalue weighted by molar-refractivity contribution is 9.10. The van der Waals surface area contributed by atoms with E-state index in [1.165, 1.54) is 0 Å². The molecule has 3 N–H and O–H groups in total. The fraction of sp³-hybridized carbons (Fsp3) is 0.364. The highest BCUT2D eigenvalue weighted by atomic mass is 79.9. The van der Waals surface area contributed by atoms with E-state index in [1.807, 2.05) is 6.92 Å². The van der Waals surface area contributed by atoms with E-state index in [2.05, 4.69) is 21.2 Å². The van der Waals surface area contributed by atoms with Gasteiger partial charge in [0, 0.05) is 23.3 Å². The van der Waals surface area contributed by atoms with Crippen LogP contribution < -0.4 is 5.32 Å². The van der Waals surface area contributed by atoms with Gasteiger partial charge in [0.05, 0.1) is 5.56 Å². The Labute approximate surface area is 102 Å². The summed E-state index contributed by atoms with van der Waals surface area (Å²) in [6.07, 6.45) is 0. The van der Waals surface area contributed by atoms with Crippen molar-refractivity contribution in [3.05, 3.63) is 28.2 Å². The summed E-state index contributed by atoms with van der Waals surface area (Å²) < 4.78 is 0.543. The molecule has 0 radical (unpaired) electrons. The number of hydrogen-bond donors (Lipinski definition) is 3. The summed E-state index contributed by atoms with van der Waals surface area (Å²) in [6.45, 7) is 2.49. The number of rotatable bonds is 5. The molecule has 1 aromatic carbocycles. The van der Waals surface area contributed by atoms with E-state index in [4.69, 9.17) is 10.2 Å². The molecule has 0 bridgehead atoms. The average Bonchev–Trinajstić information content (AvgIpc) is 2.25. The lowest BCUT2D eigenvalue weighted by Gasteiger charge is -2.13. The third kappa shape index (κ3) is 3.21. The second-order valence-corrected chi connectivity index (χ2v) is 4.49. The second kappa shape index (κ2) is 5.86. The molecule has 1 unspecified atom stereocenters. The number of carboxylic acids is 1. The largest absolute Gasteiger partial charge is 0.478 e. The molecule has 0 fully saturated rings. The van der Waals surface area contributed by atoms with Gasteiger partial charge in [-0.1, -0.05) is 13.0 Å². The van der Waals surface area contributed by atoms with Gasteiger partial charge in [-0.3, -0.25) is 0 Å². The number of aliphatic hydroxyl groups is 1. The van der Waals surface area contributed by atoms with E-state index >= 15 is 0 Å². The molecule has 0 aliphatic heterocycles. The second-order valence-electron chi connectivity index (χ2n) is 3.64. The summed E-state index contributed by atoms with van der Waals surface area (Å²) in [6, 6.07) is 5.16. The van der Waals surface area contributed by atoms with Crippen molar-refractivity contribution in [2.75, 3.05) is 18.5 Å². The molecule has 0 amide bonds. The summed E-state index contributed by atoms with van der Waals surface area (Å²) in [7, 11) is 0. The maximum Gasteiger partial charge on any atom is 0.338 e. The van der Waals surface area contributed by atoms with Gasteiger partial charge in [0.25, 0.3) is 0 Å². The van der Waals surface area contributed by atoms with Crippen LogP contribution >= 0.6 is 15.9 Å². The van der Waals surface area contributed by atoms with E-state index in [1.54, 1.807) is 18.2 Å². The van der Waals surface area contributed by atoms with Gasteiger partial charge < -0.3 is 15.5 Å². The lowest BCUT2D eigenvalue weighted by atomic mass is 10.1. The van der Waals surface area contributed by atoms with Crippen molar-refractivity contribution in [1.82, 2.24) is 0 Å². The lowest BCUT2D eigenvalue weighted by molar-refractivity contribution is 0.0697. The zero-order valence-corrected chi connectivity index (χ0v) is 10.5. The number of benzene rings is 1. The van der Waals surface area contributed by atoms with Gasteiger partial charge in [-0.15, -0.1) is 0 Å². The minimum atomic E-state index is -0.980. The molecule has 0 saturated heterocycles. The first-order chi connectivity index (χ1) is 7.56. The monoisotopic (exact) mass is 287 g/mol. The molecule has 4 nitrogen and oxygen atoms in total. The Kier molecular flexibility index (Phi) is 4.76. The third-order valence-electron chi connectivity index (χ3n) is 2.18. The van der Waals surface area contributed by atoms with Crippen molar-refractivity contribution >= 4 is 27.6 Å². The minimum absolute atomic E-state index is 0.0728. The normalized spacial score (nSPS) is 12.2. The standard InChI is InChI=1S/C11H14BrNO3/c1-7(6-14)5-13-9-4-2-3-8(12)10(9)11(15)16/h2-4,7,13-14H,5-6H2,1H3,(H,15,16). The lowest BCUT2D eigenvalue weighted by Crippen LogP contribution is -2.16. The van der Waals surface area contributed by atoms with E-state index < -0.39 is 5.97 Å². The number of nitrogens with one attached hydrogen (secondary N) is 1. The number of aliphatic hydroxyl groups excluding tert-OH is 1. The zero-order valence-electron chi connectivity index (χ0n) is 8.90. The maximum absolute atomic E-state index is 11.0. The summed E-state index contributed by atoms with van der Waals surface area (Å²) in [4.78, 5) is 11.0. The van der Waals surface area contributed by atoms with Crippen LogP contribution in [0.2, 0.25) is 0 Å². The third-order valence-corrected chi connectivity index (χ3v) is 2.84. The Balaban J connectivity index is 2.87. The van der Waals surface area contributed by atoms with Gasteiger partial charge in [-0.2, -0.15) is 0 Å². The van der Waals surface area contributed by atoms with Crippen LogP contribution in [0.1, 0.15) is 17.3 Å². The van der Waals surface area contributed by atoms with Crippen molar-refractivity contribution < 1.29 is 15.0 Å². The highest BCUT2D eigenvalue weighted by Gasteiger charge is 2.13. The van der Waals surface area contributed by atoms with Gasteiger partial charge in [-0.25, -0.2) is 4.79 Å². The molecule has 0 spiro atoms. The van der Waals surface area contributed by atoms with Gasteiger partial charge in [0.1, 0.15) is 0 Å². The average molecular weight is 288 g/mol. The predicted octanol–water partition coefficient (Wildman–Crippen LogP) is 2.19. The van der Waals surface area contributed by atoms with Crippen LogP contribution in [0, 0.1) is 5.92 Å². The molecular weight excluding hydrogens is 274 g/mol. The number of hydrogen-bond acceptors (Lipinski definition) is 3. The fourth-order valence-electron chi connectivity index (χ4n) is 1.24. The maximum atomic E-state index is 11.0. The molecule has 88 valence electrons. The fourth-order valence-corrected chi connectivity index (χ4v) is 1.77. The van der Waals surface area contributed by atoms with Gasteiger partial charge in [0.15, 0.2) is 0 Å². The Hall–Kier alpha value is -1.07. The Morgan fingerprint density at radius 2 is 2.25 bits per heavy atom. The number of halogens is 1. The first-order valence-corrected chi connectivity index (χ1v) is 5.72. The molecule has 16 heavy (non-hydrogen) atoms. The Morgan fingerprint density at radius 1 is 1.56 bits per heavy atom. The minimum Gasteiger partial charge on any atom is -0.478 e. The first-order valence-electron chi connectivity index (χ1n) is 4.92. The molecule has 0 aromatic heterocycles. The van der Waals surface area contributed by atoms with Crippen LogP contribution in [-0.2, 0) is 0 Å². The van der Waals surface area contributed by atoms with Crippen LogP contribution in [0.4, 0.5) is 5.69 Å². The number of carbonyl (C=O) groups is 1. The molecule has 1 aromatic rings. The van der Waals surface area contributed by atoms with Crippen LogP contribution in [-0.4, -0.2) is 29.3 Å². The van der Waals surface area contributed by atoms with E-state index in [0.29, 0.717) is 16.7 Å². The molecule has 0 saturated carbocycles. The molecule has 0 aliphatic carbocycles. The zero-order chi connectivity index (χ0) is 12.1. The van der Waals surface area contributed by atoms with Gasteiger partial charge in [0.2, 0.25) is 0 Å². The van der Waals surface area contributed by atoms with Crippen molar-refractivity contribution in [2.45, 2.75) is 6.92 Å². The van der Waals surface area contributed by atoms with Crippen LogP contribution in [0.3, 0.4) is 0 Å². The Morgan fingerprint density at radius 3 is 2.81 bits per heavy atom. The summed E-state index contributed by atoms with van der Waals surface area (Å²) in [5.41, 5.74) is 0.773. The molecule has 5 heteroatoms. The number of carboxylic acid groups (broad SMARTS) is 1. The van der Waals surface area contributed by atoms with Gasteiger partial charge >= 0.3 is 5.97 Å². The van der Waals surface area contributed by atoms with E-state index in [9.17, 15) is 4.79 Å². The van der Waals surface area contributed by atoms with Crippen LogP contribution in [0.15, 0.2) is 22.7 Å². The smallest absolute Gasteiger partial charge is 0.338 e. The highest BCUT2D eigenvalue weighted by Crippen LogP contribution is 2.24. The number of anilines is 1. The molecule has 1 atom stereocenters. The SMILES string of the molecule is CC(CO)CNc1cccc(Br)c1C(=O)O. The predicted molar refractivity (Wildman–Crippen MR) is 65.8 cm³/mol. The quantitative estimate of drug-likeness (QED) is 0.776. The number of aromatic carboxylic acids is 1. The first kappa shape index (κ1) is 13.0. The van der Waals surface area contributed by atoms with E-state index in [0.717, 1.165) is 0 Å². The Bertz CT molecular complexity index is 381. The van der Waals surface area contributed by atoms with E-state index in [-0.39, 0.29) is 18.1 Å². The molecule has 1 rings (SSSR count). The van der Waals surface area contributed by atoms with Gasteiger partial charge in [-0.05, 0) is 34.0 Å². The molecular formula is C11H14BrNO3. The van der Waals surface area contributed by atoms with Crippen molar-refractivity contribution in [1.29, 1.82) is 0 Å². The summed E-state index contributed by atoms with van der Waals surface area (Å²) >= 11 is 3.20. The topological polar surface area (TPSA) is 69.6 Å².